The number of anilines is 2. The lowest BCUT2D eigenvalue weighted by Crippen LogP contribution is -2.38. The van der Waals surface area contributed by atoms with Gasteiger partial charge in [0.15, 0.2) is 5.96 Å². The molecular formula is C13H17N5O3. The van der Waals surface area contributed by atoms with Crippen molar-refractivity contribution in [2.75, 3.05) is 16.8 Å². The number of carbonyl (C=O) groups is 2. The van der Waals surface area contributed by atoms with E-state index in [1.165, 1.54) is 23.1 Å². The zero-order valence-electron chi connectivity index (χ0n) is 11.3. The average molecular weight is 291 g/mol. The van der Waals surface area contributed by atoms with Gasteiger partial charge in [-0.05, 0) is 24.6 Å². The molecule has 7 N–H and O–H groups in total. The van der Waals surface area contributed by atoms with Crippen LogP contribution in [0.2, 0.25) is 0 Å². The van der Waals surface area contributed by atoms with Gasteiger partial charge >= 0.3 is 5.97 Å². The minimum Gasteiger partial charge on any atom is -0.478 e. The van der Waals surface area contributed by atoms with E-state index in [2.05, 4.69) is 5.32 Å². The van der Waals surface area contributed by atoms with Crippen molar-refractivity contribution >= 4 is 29.2 Å². The van der Waals surface area contributed by atoms with E-state index in [9.17, 15) is 9.59 Å². The van der Waals surface area contributed by atoms with Gasteiger partial charge in [0, 0.05) is 19.0 Å². The average Bonchev–Trinajstić information content (AvgIpc) is 2.79. The van der Waals surface area contributed by atoms with Gasteiger partial charge in [-0.1, -0.05) is 0 Å². The molecule has 1 aromatic carbocycles. The lowest BCUT2D eigenvalue weighted by atomic mass is 10.1. The molecule has 0 aromatic heterocycles. The molecule has 8 heteroatoms. The van der Waals surface area contributed by atoms with Crippen molar-refractivity contribution in [3.63, 3.8) is 0 Å². The van der Waals surface area contributed by atoms with Crippen molar-refractivity contribution in [1.82, 2.24) is 0 Å². The van der Waals surface area contributed by atoms with Gasteiger partial charge in [-0.15, -0.1) is 0 Å². The Morgan fingerprint density at radius 3 is 2.81 bits per heavy atom. The Hall–Kier alpha value is -2.61. The number of nitrogens with two attached hydrogens (primary N) is 2. The van der Waals surface area contributed by atoms with E-state index in [1.807, 2.05) is 0 Å². The third kappa shape index (κ3) is 2.95. The summed E-state index contributed by atoms with van der Waals surface area (Å²) in [5, 5.41) is 18.9. The smallest absolute Gasteiger partial charge is 0.335 e. The molecule has 1 heterocycles. The third-order valence-corrected chi connectivity index (χ3v) is 3.37. The molecule has 1 saturated heterocycles. The Balaban J connectivity index is 2.48. The summed E-state index contributed by atoms with van der Waals surface area (Å²) < 4.78 is 0. The van der Waals surface area contributed by atoms with Crippen LogP contribution >= 0.6 is 0 Å². The Morgan fingerprint density at radius 2 is 2.24 bits per heavy atom. The van der Waals surface area contributed by atoms with E-state index < -0.39 is 5.97 Å². The molecule has 0 radical (unpaired) electrons. The monoisotopic (exact) mass is 291 g/mol. The number of carboxylic acid groups (broad SMARTS) is 1. The molecule has 0 saturated carbocycles. The maximum absolute atomic E-state index is 12.0. The first-order valence-electron chi connectivity index (χ1n) is 6.44. The molecule has 1 fully saturated rings. The number of carbonyl (C=O) groups excluding carboxylic acids is 1. The van der Waals surface area contributed by atoms with Crippen molar-refractivity contribution in [3.05, 3.63) is 23.8 Å². The lowest BCUT2D eigenvalue weighted by Gasteiger charge is -2.26. The number of benzene rings is 1. The highest BCUT2D eigenvalue weighted by Gasteiger charge is 2.32. The predicted molar refractivity (Wildman–Crippen MR) is 78.5 cm³/mol. The molecule has 0 spiro atoms. The molecule has 1 unspecified atom stereocenters. The minimum absolute atomic E-state index is 0.0402. The SMILES string of the molecule is N=C(N)Nc1cc(C(=O)O)ccc1N1C(=O)CCC1CN. The molecule has 0 bridgehead atoms. The fraction of sp³-hybridized carbons (Fsp3) is 0.308. The van der Waals surface area contributed by atoms with Crippen molar-refractivity contribution in [2.45, 2.75) is 18.9 Å². The second-order valence-electron chi connectivity index (χ2n) is 4.77. The van der Waals surface area contributed by atoms with Crippen molar-refractivity contribution in [2.24, 2.45) is 11.5 Å². The number of aromatic carboxylic acids is 1. The van der Waals surface area contributed by atoms with E-state index in [-0.39, 0.29) is 23.5 Å². The standard InChI is InChI=1S/C13H17N5O3/c14-6-8-2-4-11(19)18(8)10-3-1-7(12(20)21)5-9(10)17-13(15)16/h1,3,5,8H,2,4,6,14H2,(H,20,21)(H4,15,16,17). The molecule has 1 amide bonds. The third-order valence-electron chi connectivity index (χ3n) is 3.37. The fourth-order valence-corrected chi connectivity index (χ4v) is 2.42. The van der Waals surface area contributed by atoms with Crippen LogP contribution in [0.4, 0.5) is 11.4 Å². The van der Waals surface area contributed by atoms with Crippen molar-refractivity contribution in [3.8, 4) is 0 Å². The van der Waals surface area contributed by atoms with Gasteiger partial charge in [0.25, 0.3) is 0 Å². The number of nitrogens with zero attached hydrogens (tertiary/aromatic N) is 1. The van der Waals surface area contributed by atoms with Crippen LogP contribution in [0.5, 0.6) is 0 Å². The van der Waals surface area contributed by atoms with Gasteiger partial charge in [0.2, 0.25) is 5.91 Å². The summed E-state index contributed by atoms with van der Waals surface area (Å²) >= 11 is 0. The number of guanidine groups is 1. The number of hydrogen-bond acceptors (Lipinski definition) is 4. The zero-order chi connectivity index (χ0) is 15.6. The minimum atomic E-state index is -1.10. The number of hydrogen-bond donors (Lipinski definition) is 5. The molecule has 1 aromatic rings. The van der Waals surface area contributed by atoms with Crippen molar-refractivity contribution in [1.29, 1.82) is 5.41 Å². The van der Waals surface area contributed by atoms with Gasteiger partial charge in [-0.25, -0.2) is 4.79 Å². The summed E-state index contributed by atoms with van der Waals surface area (Å²) in [7, 11) is 0. The van der Waals surface area contributed by atoms with Gasteiger partial charge < -0.3 is 26.8 Å². The highest BCUT2D eigenvalue weighted by molar-refractivity contribution is 6.04. The maximum atomic E-state index is 12.0. The second kappa shape index (κ2) is 5.80. The fourth-order valence-electron chi connectivity index (χ4n) is 2.42. The summed E-state index contributed by atoms with van der Waals surface area (Å²) in [6.45, 7) is 0.311. The largest absolute Gasteiger partial charge is 0.478 e. The van der Waals surface area contributed by atoms with Gasteiger partial charge in [0.1, 0.15) is 0 Å². The first kappa shape index (κ1) is 14.8. The molecular weight excluding hydrogens is 274 g/mol. The maximum Gasteiger partial charge on any atom is 0.335 e. The van der Waals surface area contributed by atoms with Crippen molar-refractivity contribution < 1.29 is 14.7 Å². The summed E-state index contributed by atoms with van der Waals surface area (Å²) in [6.07, 6.45) is 1.04. The zero-order valence-corrected chi connectivity index (χ0v) is 11.3. The topological polar surface area (TPSA) is 146 Å². The Kier molecular flexibility index (Phi) is 4.08. The second-order valence-corrected chi connectivity index (χ2v) is 4.77. The Labute approximate surface area is 121 Å². The Morgan fingerprint density at radius 1 is 1.52 bits per heavy atom. The molecule has 112 valence electrons. The van der Waals surface area contributed by atoms with Gasteiger partial charge in [-0.2, -0.15) is 0 Å². The molecule has 21 heavy (non-hydrogen) atoms. The molecule has 2 rings (SSSR count). The quantitative estimate of drug-likeness (QED) is 0.394. The summed E-state index contributed by atoms with van der Waals surface area (Å²) in [6, 6.07) is 4.14. The van der Waals surface area contributed by atoms with Gasteiger partial charge in [-0.3, -0.25) is 10.2 Å². The number of amides is 1. The van der Waals surface area contributed by atoms with E-state index in [4.69, 9.17) is 22.0 Å². The van der Waals surface area contributed by atoms with Crippen LogP contribution in [-0.4, -0.2) is 35.5 Å². The van der Waals surface area contributed by atoms with Crippen LogP contribution < -0.4 is 21.7 Å². The summed E-state index contributed by atoms with van der Waals surface area (Å²) in [5.41, 5.74) is 11.8. The number of carboxylic acids is 1. The van der Waals surface area contributed by atoms with Crippen LogP contribution in [0.15, 0.2) is 18.2 Å². The number of nitrogens with one attached hydrogen (secondary N) is 2. The summed E-state index contributed by atoms with van der Waals surface area (Å²) in [5.74, 6) is -1.52. The molecule has 0 aliphatic carbocycles. The first-order chi connectivity index (χ1) is 9.93. The highest BCUT2D eigenvalue weighted by Crippen LogP contribution is 2.33. The van der Waals surface area contributed by atoms with Crippen LogP contribution in [0.1, 0.15) is 23.2 Å². The van der Waals surface area contributed by atoms with Crippen LogP contribution in [0.3, 0.4) is 0 Å². The molecule has 1 atom stereocenters. The Bertz CT molecular complexity index is 601. The molecule has 1 aliphatic rings. The normalized spacial score (nSPS) is 17.9. The number of rotatable bonds is 4. The molecule has 1 aliphatic heterocycles. The molecule has 8 nitrogen and oxygen atoms in total. The predicted octanol–water partition coefficient (Wildman–Crippen LogP) is 0.144. The van der Waals surface area contributed by atoms with Crippen LogP contribution in [-0.2, 0) is 4.79 Å². The van der Waals surface area contributed by atoms with E-state index in [0.29, 0.717) is 30.8 Å². The van der Waals surface area contributed by atoms with Gasteiger partial charge in [0.05, 0.1) is 16.9 Å². The first-order valence-corrected chi connectivity index (χ1v) is 6.44. The highest BCUT2D eigenvalue weighted by atomic mass is 16.4. The van der Waals surface area contributed by atoms with E-state index in [1.54, 1.807) is 0 Å². The summed E-state index contributed by atoms with van der Waals surface area (Å²) in [4.78, 5) is 24.6. The van der Waals surface area contributed by atoms with Crippen LogP contribution in [0.25, 0.3) is 0 Å². The van der Waals surface area contributed by atoms with E-state index >= 15 is 0 Å². The lowest BCUT2D eigenvalue weighted by molar-refractivity contribution is -0.117. The van der Waals surface area contributed by atoms with Crippen LogP contribution in [0, 0.1) is 5.41 Å². The van der Waals surface area contributed by atoms with E-state index in [0.717, 1.165) is 0 Å².